The van der Waals surface area contributed by atoms with Crippen LogP contribution in [0.2, 0.25) is 0 Å². The summed E-state index contributed by atoms with van der Waals surface area (Å²) in [6, 6.07) is 28.6. The highest BCUT2D eigenvalue weighted by atomic mass is 31.2. The maximum absolute atomic E-state index is 14.7. The van der Waals surface area contributed by atoms with E-state index in [0.717, 1.165) is 44.5 Å². The highest BCUT2D eigenvalue weighted by Gasteiger charge is 2.35. The van der Waals surface area contributed by atoms with Crippen LogP contribution < -0.4 is 27.9 Å². The topological polar surface area (TPSA) is 80.3 Å². The summed E-state index contributed by atoms with van der Waals surface area (Å²) >= 11 is 0. The summed E-state index contributed by atoms with van der Waals surface area (Å²) in [6.07, 6.45) is 0. The Morgan fingerprint density at radius 1 is 0.362 bits per heavy atom. The Bertz CT molecular complexity index is 1900. The lowest BCUT2D eigenvalue weighted by Crippen LogP contribution is -2.16. The number of hydrogen-bond donors (Lipinski definition) is 0. The second kappa shape index (κ2) is 13.7. The van der Waals surface area contributed by atoms with Crippen molar-refractivity contribution in [3.05, 3.63) is 142 Å². The second-order valence-corrected chi connectivity index (χ2v) is 15.5. The first-order chi connectivity index (χ1) is 22.1. The third kappa shape index (κ3) is 9.10. The van der Waals surface area contributed by atoms with Gasteiger partial charge in [-0.3, -0.25) is 0 Å². The molecule has 1 unspecified atom stereocenters. The van der Waals surface area contributed by atoms with Gasteiger partial charge >= 0.3 is 15.4 Å². The zero-order valence-electron chi connectivity index (χ0n) is 28.0. The van der Waals surface area contributed by atoms with Crippen LogP contribution in [-0.4, -0.2) is 0 Å². The van der Waals surface area contributed by atoms with Gasteiger partial charge < -0.3 is 22.6 Å². The number of phosphoric acid groups is 1. The molecule has 0 aliphatic rings. The zero-order chi connectivity index (χ0) is 33.9. The van der Waals surface area contributed by atoms with Crippen LogP contribution >= 0.6 is 15.4 Å². The van der Waals surface area contributed by atoms with Crippen molar-refractivity contribution in [2.75, 3.05) is 0 Å². The normalized spacial score (nSPS) is 12.6. The molecule has 0 aliphatic carbocycles. The van der Waals surface area contributed by atoms with Crippen molar-refractivity contribution >= 4 is 20.7 Å². The van der Waals surface area contributed by atoms with E-state index in [1.807, 2.05) is 91.8 Å². The van der Waals surface area contributed by atoms with Gasteiger partial charge in [0.1, 0.15) is 28.7 Å². The van der Waals surface area contributed by atoms with Crippen LogP contribution in [0.1, 0.15) is 44.5 Å². The van der Waals surface area contributed by atoms with Crippen molar-refractivity contribution in [3.63, 3.8) is 0 Å². The molecule has 0 saturated heterocycles. The lowest BCUT2D eigenvalue weighted by molar-refractivity contribution is 0.298. The molecule has 0 amide bonds. The van der Waals surface area contributed by atoms with Crippen LogP contribution in [0, 0.1) is 55.4 Å². The summed E-state index contributed by atoms with van der Waals surface area (Å²) in [4.78, 5) is 0. The summed E-state index contributed by atoms with van der Waals surface area (Å²) in [5, 5.41) is 0.405. The fourth-order valence-electron chi connectivity index (χ4n) is 5.50. The highest BCUT2D eigenvalue weighted by molar-refractivity contribution is 7.63. The van der Waals surface area contributed by atoms with Crippen molar-refractivity contribution in [3.8, 4) is 28.7 Å². The molecule has 5 aromatic carbocycles. The van der Waals surface area contributed by atoms with Gasteiger partial charge in [-0.25, -0.2) is 4.57 Å². The van der Waals surface area contributed by atoms with E-state index in [9.17, 15) is 9.13 Å². The SMILES string of the molecule is Cc1cc(C)cc(OP(=O)(Oc2cc(C)cc(C)c2)Oc2cccc(OP(=O)(Oc3cc(C)cc(C)c3)c3cc(C)cc(C)c3)c2)c1. The number of phosphoric ester groups is 1. The second-order valence-electron chi connectivity index (χ2n) is 12.2. The van der Waals surface area contributed by atoms with Crippen LogP contribution in [0.25, 0.3) is 0 Å². The molecular weight excluding hydrogens is 630 g/mol. The van der Waals surface area contributed by atoms with E-state index in [0.29, 0.717) is 22.6 Å². The number of hydrogen-bond acceptors (Lipinski definition) is 7. The van der Waals surface area contributed by atoms with E-state index in [1.54, 1.807) is 54.6 Å². The van der Waals surface area contributed by atoms with Gasteiger partial charge in [-0.15, -0.1) is 0 Å². The summed E-state index contributed by atoms with van der Waals surface area (Å²) < 4.78 is 59.5. The van der Waals surface area contributed by atoms with Crippen molar-refractivity contribution < 1.29 is 31.7 Å². The van der Waals surface area contributed by atoms with E-state index in [1.165, 1.54) is 6.07 Å². The molecule has 7 nitrogen and oxygen atoms in total. The van der Waals surface area contributed by atoms with Gasteiger partial charge in [0, 0.05) is 6.07 Å². The first kappa shape index (κ1) is 33.9. The third-order valence-corrected chi connectivity index (χ3v) is 10.1. The molecular formula is C38H40O7P2. The first-order valence-electron chi connectivity index (χ1n) is 15.3. The summed E-state index contributed by atoms with van der Waals surface area (Å²) in [6.45, 7) is 15.4. The molecule has 5 rings (SSSR count). The Labute approximate surface area is 277 Å². The molecule has 0 fully saturated rings. The summed E-state index contributed by atoms with van der Waals surface area (Å²) in [5.74, 6) is 1.40. The smallest absolute Gasteiger partial charge is 0.413 e. The molecule has 0 aliphatic heterocycles. The van der Waals surface area contributed by atoms with Crippen LogP contribution in [-0.2, 0) is 9.13 Å². The number of benzene rings is 5. The van der Waals surface area contributed by atoms with Gasteiger partial charge in [0.15, 0.2) is 0 Å². The highest BCUT2D eigenvalue weighted by Crippen LogP contribution is 2.52. The molecule has 0 saturated carbocycles. The first-order valence-corrected chi connectivity index (χ1v) is 18.3. The Hall–Kier alpha value is -4.44. The van der Waals surface area contributed by atoms with E-state index in [-0.39, 0.29) is 11.5 Å². The molecule has 9 heteroatoms. The molecule has 5 aromatic rings. The average Bonchev–Trinajstić information content (AvgIpc) is 2.90. The summed E-state index contributed by atoms with van der Waals surface area (Å²) in [5.41, 5.74) is 7.48. The monoisotopic (exact) mass is 670 g/mol. The maximum Gasteiger partial charge on any atom is 0.647 e. The van der Waals surface area contributed by atoms with E-state index >= 15 is 0 Å². The summed E-state index contributed by atoms with van der Waals surface area (Å²) in [7, 11) is -8.33. The third-order valence-electron chi connectivity index (χ3n) is 7.02. The molecule has 0 aromatic heterocycles. The molecule has 1 atom stereocenters. The molecule has 47 heavy (non-hydrogen) atoms. The Balaban J connectivity index is 1.51. The van der Waals surface area contributed by atoms with Crippen LogP contribution in [0.15, 0.2) is 97.1 Å². The van der Waals surface area contributed by atoms with E-state index in [4.69, 9.17) is 22.6 Å². The van der Waals surface area contributed by atoms with E-state index < -0.39 is 15.4 Å². The van der Waals surface area contributed by atoms with Gasteiger partial charge in [0.05, 0.1) is 5.30 Å². The maximum atomic E-state index is 14.7. The predicted octanol–water partition coefficient (Wildman–Crippen LogP) is 10.8. The van der Waals surface area contributed by atoms with Crippen LogP contribution in [0.5, 0.6) is 28.7 Å². The lowest BCUT2D eigenvalue weighted by Gasteiger charge is -2.23. The quantitative estimate of drug-likeness (QED) is 0.129. The average molecular weight is 671 g/mol. The van der Waals surface area contributed by atoms with Gasteiger partial charge in [0.2, 0.25) is 0 Å². The number of aryl methyl sites for hydroxylation is 8. The fourth-order valence-corrected chi connectivity index (χ4v) is 8.45. The minimum absolute atomic E-state index is 0.123. The van der Waals surface area contributed by atoms with Gasteiger partial charge in [0.25, 0.3) is 0 Å². The Kier molecular flexibility index (Phi) is 9.91. The predicted molar refractivity (Wildman–Crippen MR) is 188 cm³/mol. The number of rotatable bonds is 11. The van der Waals surface area contributed by atoms with Gasteiger partial charge in [-0.05, 0) is 161 Å². The van der Waals surface area contributed by atoms with Crippen molar-refractivity contribution in [2.45, 2.75) is 55.4 Å². The molecule has 0 spiro atoms. The van der Waals surface area contributed by atoms with Crippen LogP contribution in [0.4, 0.5) is 0 Å². The van der Waals surface area contributed by atoms with E-state index in [2.05, 4.69) is 0 Å². The van der Waals surface area contributed by atoms with Crippen molar-refractivity contribution in [1.29, 1.82) is 0 Å². The van der Waals surface area contributed by atoms with Crippen molar-refractivity contribution in [1.82, 2.24) is 0 Å². The van der Waals surface area contributed by atoms with Gasteiger partial charge in [-0.2, -0.15) is 4.57 Å². The molecule has 0 radical (unpaired) electrons. The van der Waals surface area contributed by atoms with Gasteiger partial charge in [-0.1, -0.05) is 30.3 Å². The minimum Gasteiger partial charge on any atom is -0.413 e. The largest absolute Gasteiger partial charge is 0.647 e. The van der Waals surface area contributed by atoms with Crippen LogP contribution in [0.3, 0.4) is 0 Å². The minimum atomic E-state index is -4.33. The molecule has 244 valence electrons. The zero-order valence-corrected chi connectivity index (χ0v) is 29.8. The Morgan fingerprint density at radius 3 is 1.06 bits per heavy atom. The lowest BCUT2D eigenvalue weighted by atomic mass is 10.1. The Morgan fingerprint density at radius 2 is 0.660 bits per heavy atom. The van der Waals surface area contributed by atoms with Crippen molar-refractivity contribution in [2.24, 2.45) is 0 Å². The molecule has 0 bridgehead atoms. The molecule has 0 heterocycles. The molecule has 0 N–H and O–H groups in total. The fraction of sp³-hybridized carbons (Fsp3) is 0.211. The standard InChI is InChI=1S/C38H40O7P2/c1-25-12-26(2)17-35(16-25)42-46(39,38-22-31(7)15-32(8)23-38)41-33-10-9-11-34(24-33)43-47(40,44-36-18-27(3)13-28(4)19-36)45-37-20-29(5)14-30(6)21-37/h9-24H,1-8H3.